The summed E-state index contributed by atoms with van der Waals surface area (Å²) in [6.07, 6.45) is 7.38. The van der Waals surface area contributed by atoms with Crippen LogP contribution in [0.2, 0.25) is 0 Å². The first-order valence-electron chi connectivity index (χ1n) is 6.27. The average Bonchev–Trinajstić information content (AvgIpc) is 2.70. The number of hydrogen-bond acceptors (Lipinski definition) is 3. The Labute approximate surface area is 97.4 Å². The molecule has 0 bridgehead atoms. The van der Waals surface area contributed by atoms with E-state index in [-0.39, 0.29) is 0 Å². The van der Waals surface area contributed by atoms with E-state index in [2.05, 4.69) is 27.6 Å². The highest BCUT2D eigenvalue weighted by Gasteiger charge is 2.17. The number of nitrogens with two attached hydrogens (primary N) is 1. The topological polar surface area (TPSA) is 47.1 Å². The number of aryl methyl sites for hydroxylation is 1. The Morgan fingerprint density at radius 2 is 2.19 bits per heavy atom. The maximum atomic E-state index is 5.90. The van der Waals surface area contributed by atoms with Gasteiger partial charge in [0, 0.05) is 38.1 Å². The molecule has 0 aliphatic carbocycles. The van der Waals surface area contributed by atoms with Gasteiger partial charge in [-0.15, -0.1) is 0 Å². The number of piperidine rings is 1. The molecule has 0 spiro atoms. The predicted molar refractivity (Wildman–Crippen MR) is 65.0 cm³/mol. The van der Waals surface area contributed by atoms with Crippen molar-refractivity contribution in [1.29, 1.82) is 0 Å². The first-order valence-corrected chi connectivity index (χ1v) is 6.27. The third kappa shape index (κ3) is 2.83. The van der Waals surface area contributed by atoms with E-state index >= 15 is 0 Å². The van der Waals surface area contributed by atoms with Crippen molar-refractivity contribution >= 4 is 0 Å². The third-order valence-electron chi connectivity index (χ3n) is 3.26. The molecule has 1 aromatic heterocycles. The molecule has 1 aromatic rings. The van der Waals surface area contributed by atoms with Crippen LogP contribution in [0, 0.1) is 0 Å². The van der Waals surface area contributed by atoms with E-state index in [0.29, 0.717) is 6.04 Å². The van der Waals surface area contributed by atoms with Crippen molar-refractivity contribution in [2.75, 3.05) is 13.1 Å². The predicted octanol–water partition coefficient (Wildman–Crippen LogP) is 1.22. The van der Waals surface area contributed by atoms with Gasteiger partial charge < -0.3 is 10.3 Å². The number of hydrogen-bond donors (Lipinski definition) is 1. The molecule has 1 aliphatic heterocycles. The van der Waals surface area contributed by atoms with Crippen LogP contribution in [0.5, 0.6) is 0 Å². The lowest BCUT2D eigenvalue weighted by Crippen LogP contribution is -2.39. The van der Waals surface area contributed by atoms with E-state index in [9.17, 15) is 0 Å². The summed E-state index contributed by atoms with van der Waals surface area (Å²) in [5.41, 5.74) is 5.90. The summed E-state index contributed by atoms with van der Waals surface area (Å²) in [5.74, 6) is 1.19. The Bertz CT molecular complexity index is 313. The van der Waals surface area contributed by atoms with Gasteiger partial charge in [0.2, 0.25) is 0 Å². The first kappa shape index (κ1) is 11.6. The number of imidazole rings is 1. The van der Waals surface area contributed by atoms with Crippen LogP contribution >= 0.6 is 0 Å². The minimum absolute atomic E-state index is 0.409. The molecule has 90 valence electrons. The zero-order valence-corrected chi connectivity index (χ0v) is 10.1. The first-order chi connectivity index (χ1) is 7.79. The highest BCUT2D eigenvalue weighted by Crippen LogP contribution is 2.11. The molecule has 4 heteroatoms. The second kappa shape index (κ2) is 5.46. The molecule has 2 rings (SSSR count). The summed E-state index contributed by atoms with van der Waals surface area (Å²) in [6.45, 7) is 6.46. The Balaban J connectivity index is 1.90. The van der Waals surface area contributed by atoms with E-state index in [1.54, 1.807) is 0 Å². The molecule has 0 unspecified atom stereocenters. The fraction of sp³-hybridized carbons (Fsp3) is 0.750. The zero-order chi connectivity index (χ0) is 11.4. The van der Waals surface area contributed by atoms with Gasteiger partial charge in [0.25, 0.3) is 0 Å². The maximum Gasteiger partial charge on any atom is 0.122 e. The molecule has 2 N–H and O–H groups in total. The molecule has 0 atom stereocenters. The van der Waals surface area contributed by atoms with Crippen LogP contribution in [-0.4, -0.2) is 33.6 Å². The smallest absolute Gasteiger partial charge is 0.122 e. The number of aromatic nitrogens is 2. The van der Waals surface area contributed by atoms with Gasteiger partial charge in [-0.05, 0) is 19.3 Å². The standard InChI is InChI=1S/C12H22N4/c1-2-6-16-9-5-14-12(16)10-15-7-3-11(13)4-8-15/h5,9,11H,2-4,6-8,10,13H2,1H3. The van der Waals surface area contributed by atoms with Crippen molar-refractivity contribution in [3.63, 3.8) is 0 Å². The van der Waals surface area contributed by atoms with Crippen LogP contribution in [0.3, 0.4) is 0 Å². The van der Waals surface area contributed by atoms with Gasteiger partial charge in [-0.25, -0.2) is 4.98 Å². The van der Waals surface area contributed by atoms with Crippen LogP contribution in [0.25, 0.3) is 0 Å². The minimum Gasteiger partial charge on any atom is -0.334 e. The van der Waals surface area contributed by atoms with E-state index < -0.39 is 0 Å². The molecular weight excluding hydrogens is 200 g/mol. The summed E-state index contributed by atoms with van der Waals surface area (Å²) in [7, 11) is 0. The van der Waals surface area contributed by atoms with E-state index in [0.717, 1.165) is 45.4 Å². The Kier molecular flexibility index (Phi) is 3.96. The minimum atomic E-state index is 0.409. The molecule has 0 saturated carbocycles. The Morgan fingerprint density at radius 1 is 1.44 bits per heavy atom. The second-order valence-electron chi connectivity index (χ2n) is 4.65. The molecule has 1 fully saturated rings. The molecule has 2 heterocycles. The highest BCUT2D eigenvalue weighted by atomic mass is 15.2. The Morgan fingerprint density at radius 3 is 2.88 bits per heavy atom. The molecular formula is C12H22N4. The normalized spacial score (nSPS) is 19.1. The zero-order valence-electron chi connectivity index (χ0n) is 10.1. The van der Waals surface area contributed by atoms with E-state index in [1.165, 1.54) is 5.82 Å². The summed E-state index contributed by atoms with van der Waals surface area (Å²) in [4.78, 5) is 6.89. The van der Waals surface area contributed by atoms with Gasteiger partial charge in [0.15, 0.2) is 0 Å². The van der Waals surface area contributed by atoms with Crippen LogP contribution in [0.15, 0.2) is 12.4 Å². The van der Waals surface area contributed by atoms with Crippen LogP contribution < -0.4 is 5.73 Å². The van der Waals surface area contributed by atoms with Crippen molar-refractivity contribution in [1.82, 2.24) is 14.5 Å². The van der Waals surface area contributed by atoms with Crippen molar-refractivity contribution < 1.29 is 0 Å². The molecule has 1 saturated heterocycles. The van der Waals surface area contributed by atoms with Gasteiger partial charge in [0.05, 0.1) is 6.54 Å². The SMILES string of the molecule is CCCn1ccnc1CN1CCC(N)CC1. The molecule has 0 amide bonds. The summed E-state index contributed by atoms with van der Waals surface area (Å²) < 4.78 is 2.26. The van der Waals surface area contributed by atoms with Crippen LogP contribution in [0.4, 0.5) is 0 Å². The highest BCUT2D eigenvalue weighted by molar-refractivity contribution is 4.93. The van der Waals surface area contributed by atoms with Crippen molar-refractivity contribution in [3.8, 4) is 0 Å². The summed E-state index contributed by atoms with van der Waals surface area (Å²) in [6, 6.07) is 0.409. The van der Waals surface area contributed by atoms with E-state index in [1.807, 2.05) is 6.20 Å². The molecule has 1 aliphatic rings. The summed E-state index contributed by atoms with van der Waals surface area (Å²) >= 11 is 0. The van der Waals surface area contributed by atoms with Crippen LogP contribution in [-0.2, 0) is 13.1 Å². The second-order valence-corrected chi connectivity index (χ2v) is 4.65. The van der Waals surface area contributed by atoms with Gasteiger partial charge in [-0.2, -0.15) is 0 Å². The Hall–Kier alpha value is -0.870. The van der Waals surface area contributed by atoms with Crippen molar-refractivity contribution in [2.24, 2.45) is 5.73 Å². The lowest BCUT2D eigenvalue weighted by molar-refractivity contribution is 0.199. The fourth-order valence-corrected chi connectivity index (χ4v) is 2.25. The molecule has 4 nitrogen and oxygen atoms in total. The van der Waals surface area contributed by atoms with E-state index in [4.69, 9.17) is 5.73 Å². The average molecular weight is 222 g/mol. The van der Waals surface area contributed by atoms with Crippen molar-refractivity contribution in [2.45, 2.75) is 45.3 Å². The summed E-state index contributed by atoms with van der Waals surface area (Å²) in [5, 5.41) is 0. The molecule has 0 aromatic carbocycles. The monoisotopic (exact) mass is 222 g/mol. The van der Waals surface area contributed by atoms with Crippen molar-refractivity contribution in [3.05, 3.63) is 18.2 Å². The number of likely N-dealkylation sites (tertiary alicyclic amines) is 1. The maximum absolute atomic E-state index is 5.90. The quantitative estimate of drug-likeness (QED) is 0.833. The number of nitrogens with zero attached hydrogens (tertiary/aromatic N) is 3. The fourth-order valence-electron chi connectivity index (χ4n) is 2.25. The lowest BCUT2D eigenvalue weighted by atomic mass is 10.1. The third-order valence-corrected chi connectivity index (χ3v) is 3.26. The molecule has 16 heavy (non-hydrogen) atoms. The van der Waals surface area contributed by atoms with Gasteiger partial charge >= 0.3 is 0 Å². The lowest BCUT2D eigenvalue weighted by Gasteiger charge is -2.29. The van der Waals surface area contributed by atoms with Gasteiger partial charge in [-0.3, -0.25) is 4.90 Å². The van der Waals surface area contributed by atoms with Gasteiger partial charge in [0.1, 0.15) is 5.82 Å². The molecule has 0 radical (unpaired) electrons. The largest absolute Gasteiger partial charge is 0.334 e. The van der Waals surface area contributed by atoms with Gasteiger partial charge in [-0.1, -0.05) is 6.92 Å². The number of rotatable bonds is 4. The van der Waals surface area contributed by atoms with Crippen LogP contribution in [0.1, 0.15) is 32.0 Å².